The van der Waals surface area contributed by atoms with E-state index in [2.05, 4.69) is 5.32 Å². The third kappa shape index (κ3) is 5.90. The van der Waals surface area contributed by atoms with E-state index in [-0.39, 0.29) is 18.5 Å². The summed E-state index contributed by atoms with van der Waals surface area (Å²) in [6, 6.07) is 7.00. The lowest BCUT2D eigenvalue weighted by Crippen LogP contribution is -2.20. The van der Waals surface area contributed by atoms with E-state index in [1.54, 1.807) is 24.3 Å². The minimum atomic E-state index is -0.357. The molecule has 5 nitrogen and oxygen atoms in total. The minimum Gasteiger partial charge on any atom is -0.494 e. The van der Waals surface area contributed by atoms with Gasteiger partial charge in [-0.25, -0.2) is 0 Å². The van der Waals surface area contributed by atoms with Crippen LogP contribution in [-0.2, 0) is 14.3 Å². The highest BCUT2D eigenvalue weighted by Crippen LogP contribution is 2.15. The molecule has 1 aromatic rings. The molecule has 0 aliphatic heterocycles. The van der Waals surface area contributed by atoms with Gasteiger partial charge in [0.2, 0.25) is 0 Å². The van der Waals surface area contributed by atoms with Crippen molar-refractivity contribution in [2.24, 2.45) is 0 Å². The summed E-state index contributed by atoms with van der Waals surface area (Å²) < 4.78 is 10.1. The number of carbonyl (C=O) groups is 2. The molecule has 0 atom stereocenters. The molecule has 0 heterocycles. The van der Waals surface area contributed by atoms with Gasteiger partial charge in [0.15, 0.2) is 6.61 Å². The lowest BCUT2D eigenvalue weighted by Gasteiger charge is -2.07. The summed E-state index contributed by atoms with van der Waals surface area (Å²) in [4.78, 5) is 22.6. The number of ether oxygens (including phenoxy) is 2. The number of esters is 1. The first-order valence-corrected chi connectivity index (χ1v) is 6.34. The summed E-state index contributed by atoms with van der Waals surface area (Å²) in [6.07, 6.45) is 1.04. The van der Waals surface area contributed by atoms with Crippen molar-refractivity contribution in [1.29, 1.82) is 0 Å². The largest absolute Gasteiger partial charge is 0.494 e. The number of nitrogens with one attached hydrogen (secondary N) is 1. The van der Waals surface area contributed by atoms with Gasteiger partial charge in [0.1, 0.15) is 5.75 Å². The van der Waals surface area contributed by atoms with Crippen LogP contribution in [0.2, 0.25) is 0 Å². The maximum absolute atomic E-state index is 11.5. The fourth-order valence-corrected chi connectivity index (χ4v) is 1.42. The molecule has 0 aliphatic rings. The number of anilines is 1. The number of rotatable bonds is 7. The topological polar surface area (TPSA) is 64.6 Å². The second-order valence-electron chi connectivity index (χ2n) is 3.92. The monoisotopic (exact) mass is 265 g/mol. The summed E-state index contributed by atoms with van der Waals surface area (Å²) in [5.41, 5.74) is 0.639. The molecule has 1 N–H and O–H groups in total. The fourth-order valence-electron chi connectivity index (χ4n) is 1.42. The molecule has 0 radical (unpaired) electrons. The van der Waals surface area contributed by atoms with Crippen molar-refractivity contribution in [2.45, 2.75) is 26.7 Å². The second kappa shape index (κ2) is 8.13. The first-order chi connectivity index (χ1) is 9.15. The van der Waals surface area contributed by atoms with Gasteiger partial charge < -0.3 is 14.8 Å². The quantitative estimate of drug-likeness (QED) is 0.769. The smallest absolute Gasteiger partial charge is 0.306 e. The summed E-state index contributed by atoms with van der Waals surface area (Å²) in [5.74, 6) is 0.0350. The van der Waals surface area contributed by atoms with Crippen molar-refractivity contribution in [1.82, 2.24) is 0 Å². The molecule has 104 valence electrons. The van der Waals surface area contributed by atoms with E-state index >= 15 is 0 Å². The van der Waals surface area contributed by atoms with Crippen LogP contribution >= 0.6 is 0 Å². The van der Waals surface area contributed by atoms with Gasteiger partial charge in [-0.15, -0.1) is 0 Å². The summed E-state index contributed by atoms with van der Waals surface area (Å²) >= 11 is 0. The third-order valence-corrected chi connectivity index (χ3v) is 2.27. The van der Waals surface area contributed by atoms with Gasteiger partial charge in [-0.3, -0.25) is 9.59 Å². The van der Waals surface area contributed by atoms with Crippen LogP contribution in [0.1, 0.15) is 26.7 Å². The van der Waals surface area contributed by atoms with Crippen molar-refractivity contribution in [3.05, 3.63) is 24.3 Å². The van der Waals surface area contributed by atoms with Crippen molar-refractivity contribution in [3.63, 3.8) is 0 Å². The Morgan fingerprint density at radius 2 is 1.84 bits per heavy atom. The highest BCUT2D eigenvalue weighted by atomic mass is 16.5. The number of hydrogen-bond acceptors (Lipinski definition) is 4. The van der Waals surface area contributed by atoms with Gasteiger partial charge in [0, 0.05) is 12.1 Å². The lowest BCUT2D eigenvalue weighted by atomic mass is 10.3. The Kier molecular flexibility index (Phi) is 6.43. The highest BCUT2D eigenvalue weighted by Gasteiger charge is 2.06. The van der Waals surface area contributed by atoms with E-state index in [9.17, 15) is 9.59 Å². The minimum absolute atomic E-state index is 0.258. The zero-order valence-corrected chi connectivity index (χ0v) is 11.3. The molecule has 0 fully saturated rings. The van der Waals surface area contributed by atoms with Gasteiger partial charge in [0.05, 0.1) is 6.61 Å². The SMILES string of the molecule is CCCC(=O)OCC(=O)Nc1ccc(OCC)cc1. The van der Waals surface area contributed by atoms with Gasteiger partial charge in [-0.1, -0.05) is 6.92 Å². The summed E-state index contributed by atoms with van der Waals surface area (Å²) in [7, 11) is 0. The fraction of sp³-hybridized carbons (Fsp3) is 0.429. The van der Waals surface area contributed by atoms with E-state index in [4.69, 9.17) is 9.47 Å². The normalized spacial score (nSPS) is 9.79. The predicted octanol–water partition coefficient (Wildman–Crippen LogP) is 2.37. The van der Waals surface area contributed by atoms with Crippen LogP contribution < -0.4 is 10.1 Å². The Labute approximate surface area is 112 Å². The number of carbonyl (C=O) groups excluding carboxylic acids is 2. The highest BCUT2D eigenvalue weighted by molar-refractivity contribution is 5.92. The molecular formula is C14H19NO4. The zero-order chi connectivity index (χ0) is 14.1. The molecule has 0 aliphatic carbocycles. The van der Waals surface area contributed by atoms with E-state index in [1.807, 2.05) is 13.8 Å². The Morgan fingerprint density at radius 3 is 2.42 bits per heavy atom. The van der Waals surface area contributed by atoms with Crippen LogP contribution in [0.25, 0.3) is 0 Å². The first kappa shape index (κ1) is 15.0. The predicted molar refractivity (Wildman–Crippen MR) is 72.1 cm³/mol. The molecule has 0 unspecified atom stereocenters. The van der Waals surface area contributed by atoms with Crippen molar-refractivity contribution < 1.29 is 19.1 Å². The Hall–Kier alpha value is -2.04. The molecule has 5 heteroatoms. The standard InChI is InChI=1S/C14H19NO4/c1-3-5-14(17)19-10-13(16)15-11-6-8-12(9-7-11)18-4-2/h6-9H,3-5,10H2,1-2H3,(H,15,16). The average molecular weight is 265 g/mol. The van der Waals surface area contributed by atoms with Crippen LogP contribution in [-0.4, -0.2) is 25.1 Å². The van der Waals surface area contributed by atoms with E-state index in [0.29, 0.717) is 25.1 Å². The van der Waals surface area contributed by atoms with Gasteiger partial charge in [0.25, 0.3) is 5.91 Å². The molecule has 19 heavy (non-hydrogen) atoms. The molecule has 1 amide bonds. The van der Waals surface area contributed by atoms with Crippen LogP contribution in [0.3, 0.4) is 0 Å². The number of hydrogen-bond donors (Lipinski definition) is 1. The zero-order valence-electron chi connectivity index (χ0n) is 11.3. The maximum Gasteiger partial charge on any atom is 0.306 e. The Balaban J connectivity index is 2.37. The Morgan fingerprint density at radius 1 is 1.16 bits per heavy atom. The first-order valence-electron chi connectivity index (χ1n) is 6.34. The summed E-state index contributed by atoms with van der Waals surface area (Å²) in [6.45, 7) is 4.12. The molecule has 0 saturated heterocycles. The van der Waals surface area contributed by atoms with Crippen LogP contribution in [0.15, 0.2) is 24.3 Å². The van der Waals surface area contributed by atoms with E-state index < -0.39 is 0 Å². The van der Waals surface area contributed by atoms with Gasteiger partial charge in [-0.2, -0.15) is 0 Å². The average Bonchev–Trinajstić information content (AvgIpc) is 2.39. The van der Waals surface area contributed by atoms with Crippen LogP contribution in [0.5, 0.6) is 5.75 Å². The second-order valence-corrected chi connectivity index (χ2v) is 3.92. The molecule has 0 saturated carbocycles. The molecule has 0 bridgehead atoms. The maximum atomic E-state index is 11.5. The molecule has 0 aromatic heterocycles. The van der Waals surface area contributed by atoms with Crippen molar-refractivity contribution in [2.75, 3.05) is 18.5 Å². The van der Waals surface area contributed by atoms with Crippen molar-refractivity contribution >= 4 is 17.6 Å². The number of benzene rings is 1. The van der Waals surface area contributed by atoms with E-state index in [0.717, 1.165) is 5.75 Å². The Bertz CT molecular complexity index is 414. The molecule has 0 spiro atoms. The van der Waals surface area contributed by atoms with Crippen molar-refractivity contribution in [3.8, 4) is 5.75 Å². The van der Waals surface area contributed by atoms with Crippen LogP contribution in [0, 0.1) is 0 Å². The summed E-state index contributed by atoms with van der Waals surface area (Å²) in [5, 5.41) is 2.64. The van der Waals surface area contributed by atoms with Gasteiger partial charge >= 0.3 is 5.97 Å². The molecular weight excluding hydrogens is 246 g/mol. The lowest BCUT2D eigenvalue weighted by molar-refractivity contribution is -0.147. The molecule has 1 aromatic carbocycles. The van der Waals surface area contributed by atoms with Gasteiger partial charge in [-0.05, 0) is 37.6 Å². The van der Waals surface area contributed by atoms with E-state index in [1.165, 1.54) is 0 Å². The molecule has 1 rings (SSSR count). The number of amides is 1. The van der Waals surface area contributed by atoms with Crippen LogP contribution in [0.4, 0.5) is 5.69 Å². The third-order valence-electron chi connectivity index (χ3n) is 2.27.